The molecular weight excluding hydrogens is 244 g/mol. The highest BCUT2D eigenvalue weighted by Crippen LogP contribution is 2.36. The maximum Gasteiger partial charge on any atom is 0.0406 e. The molecule has 1 N–H and O–H groups in total. The quantitative estimate of drug-likeness (QED) is 0.758. The molecule has 0 spiro atoms. The first-order valence-electron chi connectivity index (χ1n) is 8.44. The second-order valence-corrected chi connectivity index (χ2v) is 6.34. The summed E-state index contributed by atoms with van der Waals surface area (Å²) in [7, 11) is 0. The van der Waals surface area contributed by atoms with Gasteiger partial charge in [-0.2, -0.15) is 0 Å². The Kier molecular flexibility index (Phi) is 6.52. The van der Waals surface area contributed by atoms with E-state index in [4.69, 9.17) is 0 Å². The van der Waals surface area contributed by atoms with E-state index in [1.165, 1.54) is 44.3 Å². The van der Waals surface area contributed by atoms with Gasteiger partial charge < -0.3 is 5.32 Å². The largest absolute Gasteiger partial charge is 0.316 e. The maximum atomic E-state index is 4.53. The Morgan fingerprint density at radius 3 is 2.80 bits per heavy atom. The van der Waals surface area contributed by atoms with Gasteiger partial charge in [0.05, 0.1) is 0 Å². The molecule has 0 aliphatic heterocycles. The first-order valence-corrected chi connectivity index (χ1v) is 8.44. The predicted octanol–water partition coefficient (Wildman–Crippen LogP) is 4.07. The SMILES string of the molecule is CCCNCC1CCC(CC)CC1Cc1ccccn1. The van der Waals surface area contributed by atoms with Crippen LogP contribution in [0.15, 0.2) is 24.4 Å². The van der Waals surface area contributed by atoms with Crippen LogP contribution in [-0.4, -0.2) is 18.1 Å². The van der Waals surface area contributed by atoms with E-state index in [9.17, 15) is 0 Å². The third-order valence-corrected chi connectivity index (χ3v) is 4.86. The summed E-state index contributed by atoms with van der Waals surface area (Å²) in [6.45, 7) is 6.94. The van der Waals surface area contributed by atoms with Crippen molar-refractivity contribution in [3.8, 4) is 0 Å². The van der Waals surface area contributed by atoms with Gasteiger partial charge in [0.1, 0.15) is 0 Å². The average molecular weight is 274 g/mol. The third-order valence-electron chi connectivity index (χ3n) is 4.86. The number of hydrogen-bond donors (Lipinski definition) is 1. The topological polar surface area (TPSA) is 24.9 Å². The number of pyridine rings is 1. The first kappa shape index (κ1) is 15.5. The molecule has 3 atom stereocenters. The summed E-state index contributed by atoms with van der Waals surface area (Å²) >= 11 is 0. The molecule has 112 valence electrons. The Morgan fingerprint density at radius 1 is 1.20 bits per heavy atom. The molecule has 2 nitrogen and oxygen atoms in total. The van der Waals surface area contributed by atoms with Crippen LogP contribution in [0.1, 0.15) is 51.6 Å². The summed E-state index contributed by atoms with van der Waals surface area (Å²) < 4.78 is 0. The van der Waals surface area contributed by atoms with Crippen LogP contribution in [0.2, 0.25) is 0 Å². The number of hydrogen-bond acceptors (Lipinski definition) is 2. The number of nitrogens with zero attached hydrogens (tertiary/aromatic N) is 1. The Bertz CT molecular complexity index is 361. The molecule has 1 saturated carbocycles. The fraction of sp³-hybridized carbons (Fsp3) is 0.722. The van der Waals surface area contributed by atoms with Crippen LogP contribution in [0.25, 0.3) is 0 Å². The number of rotatable bonds is 7. The summed E-state index contributed by atoms with van der Waals surface area (Å²) in [5, 5.41) is 3.63. The van der Waals surface area contributed by atoms with Crippen LogP contribution in [-0.2, 0) is 6.42 Å². The molecule has 0 saturated heterocycles. The van der Waals surface area contributed by atoms with E-state index in [-0.39, 0.29) is 0 Å². The van der Waals surface area contributed by atoms with Gasteiger partial charge in [0.25, 0.3) is 0 Å². The molecule has 1 aromatic rings. The second-order valence-electron chi connectivity index (χ2n) is 6.34. The molecule has 1 aliphatic carbocycles. The van der Waals surface area contributed by atoms with Crippen LogP contribution in [0, 0.1) is 17.8 Å². The molecule has 2 heteroatoms. The smallest absolute Gasteiger partial charge is 0.0406 e. The minimum atomic E-state index is 0.813. The van der Waals surface area contributed by atoms with Crippen LogP contribution < -0.4 is 5.32 Å². The van der Waals surface area contributed by atoms with E-state index in [2.05, 4.69) is 36.3 Å². The number of nitrogens with one attached hydrogen (secondary N) is 1. The predicted molar refractivity (Wildman–Crippen MR) is 85.7 cm³/mol. The highest BCUT2D eigenvalue weighted by molar-refractivity contribution is 5.05. The van der Waals surface area contributed by atoms with Crippen LogP contribution >= 0.6 is 0 Å². The molecule has 1 heterocycles. The molecule has 1 aliphatic rings. The molecule has 20 heavy (non-hydrogen) atoms. The lowest BCUT2D eigenvalue weighted by Crippen LogP contribution is -2.34. The van der Waals surface area contributed by atoms with E-state index in [1.54, 1.807) is 0 Å². The van der Waals surface area contributed by atoms with Crippen LogP contribution in [0.3, 0.4) is 0 Å². The highest BCUT2D eigenvalue weighted by Gasteiger charge is 2.29. The van der Waals surface area contributed by atoms with Crippen molar-refractivity contribution in [1.29, 1.82) is 0 Å². The fourth-order valence-electron chi connectivity index (χ4n) is 3.57. The number of aromatic nitrogens is 1. The molecule has 1 aromatic heterocycles. The van der Waals surface area contributed by atoms with Crippen molar-refractivity contribution < 1.29 is 0 Å². The molecule has 2 rings (SSSR count). The van der Waals surface area contributed by atoms with Crippen molar-refractivity contribution >= 4 is 0 Å². The fourth-order valence-corrected chi connectivity index (χ4v) is 3.57. The van der Waals surface area contributed by atoms with Crippen molar-refractivity contribution in [3.05, 3.63) is 30.1 Å². The summed E-state index contributed by atoms with van der Waals surface area (Å²) in [5.41, 5.74) is 1.27. The maximum absolute atomic E-state index is 4.53. The van der Waals surface area contributed by atoms with Crippen LogP contribution in [0.5, 0.6) is 0 Å². The molecule has 0 amide bonds. The minimum absolute atomic E-state index is 0.813. The molecular formula is C18H30N2. The van der Waals surface area contributed by atoms with Gasteiger partial charge in [-0.15, -0.1) is 0 Å². The van der Waals surface area contributed by atoms with E-state index < -0.39 is 0 Å². The highest BCUT2D eigenvalue weighted by atomic mass is 14.9. The van der Waals surface area contributed by atoms with E-state index in [1.807, 2.05) is 12.3 Å². The standard InChI is InChI=1S/C18H30N2/c1-3-10-19-14-16-9-8-15(4-2)12-17(16)13-18-7-5-6-11-20-18/h5-7,11,15-17,19H,3-4,8-10,12-14H2,1-2H3. The average Bonchev–Trinajstić information content (AvgIpc) is 2.50. The Balaban J connectivity index is 1.94. The molecule has 3 unspecified atom stereocenters. The second kappa shape index (κ2) is 8.41. The lowest BCUT2D eigenvalue weighted by Gasteiger charge is -2.36. The van der Waals surface area contributed by atoms with E-state index in [0.29, 0.717) is 0 Å². The van der Waals surface area contributed by atoms with Crippen molar-refractivity contribution in [2.24, 2.45) is 17.8 Å². The van der Waals surface area contributed by atoms with Gasteiger partial charge >= 0.3 is 0 Å². The zero-order valence-corrected chi connectivity index (χ0v) is 13.1. The van der Waals surface area contributed by atoms with Crippen molar-refractivity contribution in [3.63, 3.8) is 0 Å². The summed E-state index contributed by atoms with van der Waals surface area (Å²) in [6, 6.07) is 6.32. The Labute approximate surface area is 124 Å². The van der Waals surface area contributed by atoms with Crippen molar-refractivity contribution in [2.45, 2.75) is 52.4 Å². The van der Waals surface area contributed by atoms with Gasteiger partial charge in [-0.3, -0.25) is 4.98 Å². The van der Waals surface area contributed by atoms with Gasteiger partial charge in [0.15, 0.2) is 0 Å². The third kappa shape index (κ3) is 4.59. The monoisotopic (exact) mass is 274 g/mol. The van der Waals surface area contributed by atoms with E-state index in [0.717, 1.165) is 30.7 Å². The van der Waals surface area contributed by atoms with E-state index >= 15 is 0 Å². The van der Waals surface area contributed by atoms with Crippen molar-refractivity contribution in [1.82, 2.24) is 10.3 Å². The molecule has 0 radical (unpaired) electrons. The van der Waals surface area contributed by atoms with Crippen molar-refractivity contribution in [2.75, 3.05) is 13.1 Å². The van der Waals surface area contributed by atoms with Gasteiger partial charge in [0.2, 0.25) is 0 Å². The first-order chi connectivity index (χ1) is 9.83. The van der Waals surface area contributed by atoms with Gasteiger partial charge in [-0.05, 0) is 68.7 Å². The van der Waals surface area contributed by atoms with Gasteiger partial charge in [-0.1, -0.05) is 32.8 Å². The van der Waals surface area contributed by atoms with Crippen LogP contribution in [0.4, 0.5) is 0 Å². The summed E-state index contributed by atoms with van der Waals surface area (Å²) in [6.07, 6.45) is 9.88. The Morgan fingerprint density at radius 2 is 2.10 bits per heavy atom. The molecule has 0 bridgehead atoms. The minimum Gasteiger partial charge on any atom is -0.316 e. The molecule has 0 aromatic carbocycles. The zero-order valence-electron chi connectivity index (χ0n) is 13.1. The van der Waals surface area contributed by atoms with Gasteiger partial charge in [-0.25, -0.2) is 0 Å². The Hall–Kier alpha value is -0.890. The summed E-state index contributed by atoms with van der Waals surface area (Å²) in [5.74, 6) is 2.59. The lowest BCUT2D eigenvalue weighted by molar-refractivity contribution is 0.170. The zero-order chi connectivity index (χ0) is 14.2. The van der Waals surface area contributed by atoms with Gasteiger partial charge in [0, 0.05) is 11.9 Å². The molecule has 1 fully saturated rings. The normalized spacial score (nSPS) is 26.6. The lowest BCUT2D eigenvalue weighted by atomic mass is 9.71. The summed E-state index contributed by atoms with van der Waals surface area (Å²) in [4.78, 5) is 4.53.